The average Bonchev–Trinajstić information content (AvgIpc) is 3.76. The molecule has 2 aromatic carbocycles. The number of nitriles is 1. The fourth-order valence-electron chi connectivity index (χ4n) is 4.65. The third-order valence-corrected chi connectivity index (χ3v) is 7.27. The monoisotopic (exact) mass is 512 g/mol. The minimum Gasteiger partial charge on any atom is -0.489 e. The third kappa shape index (κ3) is 6.65. The number of hydrogen-bond acceptors (Lipinski definition) is 6. The zero-order valence-electron chi connectivity index (χ0n) is 23.2. The van der Waals surface area contributed by atoms with Crippen LogP contribution in [0.2, 0.25) is 0 Å². The predicted octanol–water partition coefficient (Wildman–Crippen LogP) is 5.76. The van der Waals surface area contributed by atoms with Gasteiger partial charge in [0.1, 0.15) is 30.0 Å². The summed E-state index contributed by atoms with van der Waals surface area (Å²) in [5.41, 5.74) is 4.53. The first kappa shape index (κ1) is 27.5. The molecule has 0 atom stereocenters. The highest BCUT2D eigenvalue weighted by atomic mass is 16.5. The summed E-state index contributed by atoms with van der Waals surface area (Å²) in [7, 11) is 0. The van der Waals surface area contributed by atoms with Crippen LogP contribution in [0.15, 0.2) is 65.9 Å². The first-order valence-corrected chi connectivity index (χ1v) is 13.7. The lowest BCUT2D eigenvalue weighted by molar-refractivity contribution is 0.297. The van der Waals surface area contributed by atoms with Crippen molar-refractivity contribution in [1.29, 1.82) is 5.26 Å². The molecule has 2 aliphatic rings. The van der Waals surface area contributed by atoms with Crippen molar-refractivity contribution in [2.24, 2.45) is 4.99 Å². The van der Waals surface area contributed by atoms with Crippen LogP contribution in [0.3, 0.4) is 0 Å². The Morgan fingerprint density at radius 2 is 1.89 bits per heavy atom. The van der Waals surface area contributed by atoms with Gasteiger partial charge in [-0.1, -0.05) is 51.6 Å². The normalized spacial score (nSPS) is 16.4. The number of nitrogens with one attached hydrogen (secondary N) is 1. The maximum atomic E-state index is 9.87. The van der Waals surface area contributed by atoms with Crippen LogP contribution in [0.25, 0.3) is 0 Å². The zero-order valence-corrected chi connectivity index (χ0v) is 23.2. The largest absolute Gasteiger partial charge is 0.489 e. The molecule has 0 unspecified atom stereocenters. The second-order valence-electron chi connectivity index (χ2n) is 10.5. The van der Waals surface area contributed by atoms with Crippen molar-refractivity contribution in [3.8, 4) is 17.6 Å². The van der Waals surface area contributed by atoms with Crippen LogP contribution in [0, 0.1) is 11.3 Å². The second-order valence-corrected chi connectivity index (χ2v) is 10.5. The molecule has 0 bridgehead atoms. The summed E-state index contributed by atoms with van der Waals surface area (Å²) < 4.78 is 12.2. The van der Waals surface area contributed by atoms with Crippen LogP contribution in [-0.4, -0.2) is 49.5 Å². The Kier molecular flexibility index (Phi) is 8.91. The lowest BCUT2D eigenvalue weighted by Gasteiger charge is -2.29. The van der Waals surface area contributed by atoms with E-state index in [1.807, 2.05) is 37.3 Å². The smallest absolute Gasteiger partial charge is 0.140 e. The maximum absolute atomic E-state index is 9.87. The van der Waals surface area contributed by atoms with E-state index in [-0.39, 0.29) is 11.5 Å². The molecule has 1 saturated heterocycles. The molecule has 0 amide bonds. The number of aliphatic imine (C=N–C) groups is 1. The number of hydrogen-bond donors (Lipinski definition) is 1. The van der Waals surface area contributed by atoms with Crippen LogP contribution in [-0.2, 0) is 11.8 Å². The first-order valence-electron chi connectivity index (χ1n) is 13.7. The molecule has 6 nitrogen and oxygen atoms in total. The molecule has 1 heterocycles. The summed E-state index contributed by atoms with van der Waals surface area (Å²) in [5.74, 6) is 2.32. The van der Waals surface area contributed by atoms with Gasteiger partial charge in [0.15, 0.2) is 0 Å². The van der Waals surface area contributed by atoms with Gasteiger partial charge >= 0.3 is 0 Å². The lowest BCUT2D eigenvalue weighted by Crippen LogP contribution is -2.42. The van der Waals surface area contributed by atoms with E-state index in [1.54, 1.807) is 0 Å². The standard InChI is InChI=1S/C32H40N4O2/c1-6-8-28(35-23(3)36-17-15-34-16-18-36)22-37-29-11-9-26(10-12-29)32(4,5)27-19-24(7-2)31(25(20-27)21-33)38-30-13-14-30/h6,8-12,19-20,30,34H,3,7,13-18,22H2,1-2,4-5H3/b8-6-,35-28+. The second kappa shape index (κ2) is 12.3. The highest BCUT2D eigenvalue weighted by Crippen LogP contribution is 2.39. The van der Waals surface area contributed by atoms with E-state index in [4.69, 9.17) is 14.5 Å². The Morgan fingerprint density at radius 1 is 1.18 bits per heavy atom. The fourth-order valence-corrected chi connectivity index (χ4v) is 4.65. The summed E-state index contributed by atoms with van der Waals surface area (Å²) in [5, 5.41) is 13.2. The molecule has 2 fully saturated rings. The molecule has 2 aromatic rings. The molecule has 1 aliphatic heterocycles. The molecule has 0 spiro atoms. The molecule has 38 heavy (non-hydrogen) atoms. The van der Waals surface area contributed by atoms with Crippen molar-refractivity contribution in [3.63, 3.8) is 0 Å². The number of allylic oxidation sites excluding steroid dienone is 1. The molecule has 1 saturated carbocycles. The summed E-state index contributed by atoms with van der Waals surface area (Å²) in [4.78, 5) is 6.93. The van der Waals surface area contributed by atoms with E-state index in [2.05, 4.69) is 61.8 Å². The van der Waals surface area contributed by atoms with E-state index in [0.29, 0.717) is 12.2 Å². The highest BCUT2D eigenvalue weighted by Gasteiger charge is 2.29. The number of rotatable bonds is 11. The van der Waals surface area contributed by atoms with Crippen LogP contribution < -0.4 is 14.8 Å². The van der Waals surface area contributed by atoms with Crippen molar-refractivity contribution in [2.75, 3.05) is 32.8 Å². The average molecular weight is 513 g/mol. The lowest BCUT2D eigenvalue weighted by atomic mass is 9.77. The van der Waals surface area contributed by atoms with Crippen LogP contribution in [0.5, 0.6) is 11.5 Å². The number of nitrogens with zero attached hydrogens (tertiary/aromatic N) is 3. The maximum Gasteiger partial charge on any atom is 0.140 e. The molecule has 1 N–H and O–H groups in total. The van der Waals surface area contributed by atoms with Gasteiger partial charge in [0.25, 0.3) is 0 Å². The van der Waals surface area contributed by atoms with Gasteiger partial charge in [-0.3, -0.25) is 0 Å². The fraction of sp³-hybridized carbons (Fsp3) is 0.438. The van der Waals surface area contributed by atoms with E-state index < -0.39 is 0 Å². The summed E-state index contributed by atoms with van der Waals surface area (Å²) in [6, 6.07) is 14.8. The van der Waals surface area contributed by atoms with Gasteiger partial charge < -0.3 is 19.7 Å². The van der Waals surface area contributed by atoms with E-state index in [9.17, 15) is 5.26 Å². The van der Waals surface area contributed by atoms with Crippen molar-refractivity contribution in [1.82, 2.24) is 10.2 Å². The Balaban J connectivity index is 1.47. The Morgan fingerprint density at radius 3 is 2.50 bits per heavy atom. The van der Waals surface area contributed by atoms with Gasteiger partial charge in [-0.25, -0.2) is 4.99 Å². The van der Waals surface area contributed by atoms with Gasteiger partial charge in [0, 0.05) is 31.6 Å². The number of piperazine rings is 1. The summed E-state index contributed by atoms with van der Waals surface area (Å²) in [6.45, 7) is 16.7. The van der Waals surface area contributed by atoms with Gasteiger partial charge in [-0.15, -0.1) is 0 Å². The number of benzene rings is 2. The minimum atomic E-state index is -0.287. The summed E-state index contributed by atoms with van der Waals surface area (Å²) in [6.07, 6.45) is 7.17. The molecule has 6 heteroatoms. The van der Waals surface area contributed by atoms with Crippen molar-refractivity contribution in [2.45, 2.75) is 58.5 Å². The molecule has 200 valence electrons. The van der Waals surface area contributed by atoms with Gasteiger partial charge in [-0.2, -0.15) is 5.26 Å². The number of aryl methyl sites for hydroxylation is 1. The van der Waals surface area contributed by atoms with Gasteiger partial charge in [0.2, 0.25) is 0 Å². The molecular weight excluding hydrogens is 472 g/mol. The Bertz CT molecular complexity index is 1230. The van der Waals surface area contributed by atoms with Gasteiger partial charge in [-0.05, 0) is 67.2 Å². The summed E-state index contributed by atoms with van der Waals surface area (Å²) >= 11 is 0. The van der Waals surface area contributed by atoms with Crippen LogP contribution in [0.4, 0.5) is 0 Å². The molecule has 4 rings (SSSR count). The highest BCUT2D eigenvalue weighted by molar-refractivity contribution is 5.96. The van der Waals surface area contributed by atoms with E-state index >= 15 is 0 Å². The minimum absolute atomic E-state index is 0.261. The Labute approximate surface area is 227 Å². The molecule has 1 aliphatic carbocycles. The van der Waals surface area contributed by atoms with E-state index in [0.717, 1.165) is 85.2 Å². The molecular formula is C32H40N4O2. The molecule has 0 aromatic heterocycles. The number of ether oxygens (including phenoxy) is 2. The molecule has 0 radical (unpaired) electrons. The van der Waals surface area contributed by atoms with Crippen LogP contribution >= 0.6 is 0 Å². The topological polar surface area (TPSA) is 69.9 Å². The zero-order chi connectivity index (χ0) is 27.1. The quantitative estimate of drug-likeness (QED) is 0.388. The first-order chi connectivity index (χ1) is 18.3. The predicted molar refractivity (Wildman–Crippen MR) is 154 cm³/mol. The van der Waals surface area contributed by atoms with Gasteiger partial charge in [0.05, 0.1) is 17.4 Å². The van der Waals surface area contributed by atoms with E-state index in [1.165, 1.54) is 0 Å². The third-order valence-electron chi connectivity index (χ3n) is 7.27. The van der Waals surface area contributed by atoms with Crippen LogP contribution in [0.1, 0.15) is 62.8 Å². The van der Waals surface area contributed by atoms with Crippen molar-refractivity contribution < 1.29 is 9.47 Å². The SMILES string of the molecule is C=C(/N=C(\C=C/C)COc1ccc(C(C)(C)c2cc(C#N)c(OC3CC3)c(CC)c2)cc1)N1CCNCC1. The van der Waals surface area contributed by atoms with Crippen molar-refractivity contribution in [3.05, 3.63) is 83.2 Å². The Hall–Kier alpha value is -3.56. The van der Waals surface area contributed by atoms with Crippen molar-refractivity contribution >= 4 is 5.71 Å².